The molecule has 0 bridgehead atoms. The van der Waals surface area contributed by atoms with Gasteiger partial charge in [-0.3, -0.25) is 5.41 Å². The van der Waals surface area contributed by atoms with Gasteiger partial charge in [0, 0.05) is 18.8 Å². The predicted molar refractivity (Wildman–Crippen MR) is 76.1 cm³/mol. The number of nitrogens with one attached hydrogen (secondary N) is 1. The lowest BCUT2D eigenvalue weighted by molar-refractivity contribution is -0.215. The van der Waals surface area contributed by atoms with E-state index in [0.29, 0.717) is 18.2 Å². The molecule has 0 aliphatic rings. The van der Waals surface area contributed by atoms with E-state index >= 15 is 0 Å². The van der Waals surface area contributed by atoms with Crippen LogP contribution in [0.4, 0.5) is 0 Å². The van der Waals surface area contributed by atoms with Crippen LogP contribution in [0.5, 0.6) is 0 Å². The molecule has 0 atom stereocenters. The van der Waals surface area contributed by atoms with Gasteiger partial charge in [-0.2, -0.15) is 0 Å². The number of nitrogens with two attached hydrogens (primary N) is 1. The molecule has 0 heterocycles. The van der Waals surface area contributed by atoms with Crippen LogP contribution >= 0.6 is 36.6 Å². The molecule has 4 nitrogen and oxygen atoms in total. The zero-order valence-electron chi connectivity index (χ0n) is 10.7. The number of quaternary nitrogens is 1. The van der Waals surface area contributed by atoms with Crippen molar-refractivity contribution in [3.05, 3.63) is 35.4 Å². The van der Waals surface area contributed by atoms with Gasteiger partial charge < -0.3 is 60.7 Å². The number of halogens is 5. The Labute approximate surface area is 165 Å². The minimum atomic E-state index is 0. The SMILES string of the molecule is [Cl-].[Cl-].[Cl-].[Cl-].[NH2+]=C(S)N(Cl)Cc1cccc(CNC([NH3+])=S)c1. The molecule has 0 unspecified atom stereocenters. The average molecular weight is 433 g/mol. The van der Waals surface area contributed by atoms with Crippen molar-refractivity contribution >= 4 is 46.9 Å². The Kier molecular flexibility index (Phi) is 21.3. The number of amidine groups is 1. The van der Waals surface area contributed by atoms with E-state index in [4.69, 9.17) is 29.4 Å². The molecular formula is C10H15Cl5N4S2-2. The average Bonchev–Trinajstić information content (AvgIpc) is 2.26. The number of benzene rings is 1. The van der Waals surface area contributed by atoms with Crippen LogP contribution < -0.4 is 66.1 Å². The summed E-state index contributed by atoms with van der Waals surface area (Å²) in [4.78, 5) is 0. The molecule has 0 saturated carbocycles. The zero-order valence-corrected chi connectivity index (χ0v) is 16.2. The highest BCUT2D eigenvalue weighted by Crippen LogP contribution is 2.10. The van der Waals surface area contributed by atoms with Gasteiger partial charge in [-0.25, -0.2) is 0 Å². The highest BCUT2D eigenvalue weighted by Gasteiger charge is 2.11. The van der Waals surface area contributed by atoms with Crippen molar-refractivity contribution in [1.29, 1.82) is 0 Å². The van der Waals surface area contributed by atoms with E-state index in [1.54, 1.807) is 0 Å². The van der Waals surface area contributed by atoms with Gasteiger partial charge in [-0.1, -0.05) is 36.9 Å². The fourth-order valence-corrected chi connectivity index (χ4v) is 1.56. The maximum Gasteiger partial charge on any atom is 0.318 e. The van der Waals surface area contributed by atoms with E-state index in [2.05, 4.69) is 23.7 Å². The molecule has 0 fully saturated rings. The van der Waals surface area contributed by atoms with Crippen LogP contribution in [0.15, 0.2) is 24.3 Å². The molecule has 0 spiro atoms. The van der Waals surface area contributed by atoms with Crippen LogP contribution in [0.1, 0.15) is 11.1 Å². The van der Waals surface area contributed by atoms with E-state index in [-0.39, 0.29) is 54.8 Å². The Morgan fingerprint density at radius 2 is 1.81 bits per heavy atom. The molecule has 0 saturated heterocycles. The second kappa shape index (κ2) is 15.2. The first-order valence-corrected chi connectivity index (χ1v) is 6.10. The molecule has 1 rings (SSSR count). The van der Waals surface area contributed by atoms with Gasteiger partial charge in [0.2, 0.25) is 0 Å². The monoisotopic (exact) mass is 430 g/mol. The fourth-order valence-electron chi connectivity index (χ4n) is 1.28. The molecule has 1 aromatic rings. The summed E-state index contributed by atoms with van der Waals surface area (Å²) >= 11 is 14.7. The highest BCUT2D eigenvalue weighted by molar-refractivity contribution is 7.96. The Morgan fingerprint density at radius 1 is 1.29 bits per heavy atom. The number of thiocarbonyl (C=S) groups is 1. The van der Waals surface area contributed by atoms with E-state index < -0.39 is 0 Å². The highest BCUT2D eigenvalue weighted by atomic mass is 35.5. The van der Waals surface area contributed by atoms with Crippen LogP contribution in [0, 0.1) is 0 Å². The van der Waals surface area contributed by atoms with Crippen molar-refractivity contribution in [2.45, 2.75) is 13.1 Å². The first kappa shape index (κ1) is 29.4. The van der Waals surface area contributed by atoms with Crippen LogP contribution in [-0.2, 0) is 13.1 Å². The normalized spacial score (nSPS) is 7.95. The molecule has 6 N–H and O–H groups in total. The number of hydrogen-bond donors (Lipinski definition) is 4. The van der Waals surface area contributed by atoms with E-state index in [9.17, 15) is 0 Å². The van der Waals surface area contributed by atoms with Gasteiger partial charge in [0.05, 0.1) is 0 Å². The summed E-state index contributed by atoms with van der Waals surface area (Å²) in [6, 6.07) is 7.95. The van der Waals surface area contributed by atoms with Gasteiger partial charge in [0.1, 0.15) is 18.3 Å². The first-order valence-electron chi connectivity index (χ1n) is 4.91. The third-order valence-corrected chi connectivity index (χ3v) is 2.86. The summed E-state index contributed by atoms with van der Waals surface area (Å²) in [5.41, 5.74) is 5.76. The molecule has 11 heteroatoms. The maximum absolute atomic E-state index is 5.88. The van der Waals surface area contributed by atoms with Crippen LogP contribution in [0.2, 0.25) is 0 Å². The maximum atomic E-state index is 5.88. The molecule has 0 aromatic heterocycles. The quantitative estimate of drug-likeness (QED) is 0.126. The zero-order chi connectivity index (χ0) is 12.8. The van der Waals surface area contributed by atoms with E-state index in [0.717, 1.165) is 11.1 Å². The minimum Gasteiger partial charge on any atom is -1.00 e. The van der Waals surface area contributed by atoms with Crippen LogP contribution in [0.25, 0.3) is 0 Å². The number of nitrogens with zero attached hydrogens (tertiary/aromatic N) is 1. The van der Waals surface area contributed by atoms with Gasteiger partial charge in [-0.05, 0) is 11.1 Å². The molecule has 0 radical (unpaired) electrons. The number of rotatable bonds is 4. The third kappa shape index (κ3) is 12.6. The summed E-state index contributed by atoms with van der Waals surface area (Å²) < 4.78 is 1.35. The second-order valence-corrected chi connectivity index (χ2v) is 4.83. The molecule has 0 aliphatic heterocycles. The van der Waals surface area contributed by atoms with Crippen molar-refractivity contribution < 1.29 is 60.8 Å². The van der Waals surface area contributed by atoms with Crippen molar-refractivity contribution in [2.75, 3.05) is 0 Å². The van der Waals surface area contributed by atoms with Gasteiger partial charge in [-0.15, -0.1) is 4.42 Å². The minimum absolute atomic E-state index is 0. The Hall–Kier alpha value is 0.340. The second-order valence-electron chi connectivity index (χ2n) is 3.48. The Morgan fingerprint density at radius 3 is 2.29 bits per heavy atom. The standard InChI is InChI=1S/C10H13ClN4S2.4ClH/c11-15(10(13)17)6-8-3-1-2-7(4-8)5-14-9(12)16;;;;/h1-4H,5-6H2,(H2,13,17)(H3,12,14,16);4*1H/p-2. The number of hydrogen-bond acceptors (Lipinski definition) is 1. The van der Waals surface area contributed by atoms with Gasteiger partial charge >= 0.3 is 5.17 Å². The largest absolute Gasteiger partial charge is 1.00 e. The lowest BCUT2D eigenvalue weighted by Crippen LogP contribution is -3.00. The summed E-state index contributed by atoms with van der Waals surface area (Å²) in [5.74, 6) is 0. The summed E-state index contributed by atoms with van der Waals surface area (Å²) in [5, 5.41) is 9.25. The summed E-state index contributed by atoms with van der Waals surface area (Å²) in [7, 11) is 0. The topological polar surface area (TPSA) is 68.5 Å². The summed E-state index contributed by atoms with van der Waals surface area (Å²) in [6.45, 7) is 1.15. The molecule has 21 heavy (non-hydrogen) atoms. The third-order valence-electron chi connectivity index (χ3n) is 2.05. The van der Waals surface area contributed by atoms with Gasteiger partial charge in [0.25, 0.3) is 5.11 Å². The predicted octanol–water partition coefficient (Wildman–Crippen LogP) is -12.7. The lowest BCUT2D eigenvalue weighted by Gasteiger charge is -2.07. The van der Waals surface area contributed by atoms with E-state index in [1.165, 1.54) is 4.42 Å². The lowest BCUT2D eigenvalue weighted by atomic mass is 10.1. The van der Waals surface area contributed by atoms with Gasteiger partial charge in [0.15, 0.2) is 0 Å². The Bertz CT molecular complexity index is 436. The molecular weight excluding hydrogens is 418 g/mol. The molecule has 0 aliphatic carbocycles. The molecule has 124 valence electrons. The Balaban J connectivity index is -0.000000361. The van der Waals surface area contributed by atoms with Crippen LogP contribution in [-0.4, -0.2) is 14.7 Å². The smallest absolute Gasteiger partial charge is 0.318 e. The van der Waals surface area contributed by atoms with E-state index in [1.807, 2.05) is 24.3 Å². The van der Waals surface area contributed by atoms with Crippen LogP contribution in [0.3, 0.4) is 0 Å². The van der Waals surface area contributed by atoms with Crippen molar-refractivity contribution in [2.24, 2.45) is 0 Å². The molecule has 1 aromatic carbocycles. The first-order chi connectivity index (χ1) is 7.99. The van der Waals surface area contributed by atoms with Crippen molar-refractivity contribution in [1.82, 2.24) is 9.74 Å². The fraction of sp³-hybridized carbons (Fsp3) is 0.200. The summed E-state index contributed by atoms with van der Waals surface area (Å²) in [6.07, 6.45) is 0. The number of thiol groups is 1. The molecule has 0 amide bonds. The van der Waals surface area contributed by atoms with Crippen molar-refractivity contribution in [3.63, 3.8) is 0 Å². The van der Waals surface area contributed by atoms with Crippen molar-refractivity contribution in [3.8, 4) is 0 Å².